The molecule has 1 saturated heterocycles. The fraction of sp³-hybridized carbons (Fsp3) is 0.524. The summed E-state index contributed by atoms with van der Waals surface area (Å²) in [5.74, 6) is -1.20. The molecule has 1 aliphatic heterocycles. The summed E-state index contributed by atoms with van der Waals surface area (Å²) in [5, 5.41) is 21.2. The number of aliphatic hydroxyl groups excluding tert-OH is 1. The van der Waals surface area contributed by atoms with E-state index in [1.807, 2.05) is 20.8 Å². The van der Waals surface area contributed by atoms with E-state index in [9.17, 15) is 24.8 Å². The molecule has 1 aromatic carbocycles. The lowest BCUT2D eigenvalue weighted by Crippen LogP contribution is -2.70. The van der Waals surface area contributed by atoms with Gasteiger partial charge in [0.1, 0.15) is 18.8 Å². The van der Waals surface area contributed by atoms with Crippen LogP contribution < -0.4 is 0 Å². The molecular weight excluding hydrogens is 390 g/mol. The number of amides is 1. The number of non-ortho nitro benzene ring substituents is 1. The van der Waals surface area contributed by atoms with Crippen molar-refractivity contribution in [2.24, 2.45) is 0 Å². The number of nitro benzene ring substituents is 1. The summed E-state index contributed by atoms with van der Waals surface area (Å²) in [6.45, 7) is 10.1. The predicted molar refractivity (Wildman–Crippen MR) is 110 cm³/mol. The fourth-order valence-corrected chi connectivity index (χ4v) is 3.87. The van der Waals surface area contributed by atoms with E-state index in [4.69, 9.17) is 4.74 Å². The van der Waals surface area contributed by atoms with Crippen LogP contribution >= 0.6 is 0 Å². The number of nitro groups is 1. The Morgan fingerprint density at radius 1 is 1.20 bits per heavy atom. The van der Waals surface area contributed by atoms with Crippen LogP contribution in [-0.2, 0) is 20.9 Å². The van der Waals surface area contributed by atoms with Gasteiger partial charge in [-0.25, -0.2) is 4.79 Å². The Morgan fingerprint density at radius 3 is 2.20 bits per heavy atom. The molecule has 1 fully saturated rings. The highest BCUT2D eigenvalue weighted by Crippen LogP contribution is 2.34. The molecule has 164 valence electrons. The number of carbonyl (C=O) groups excluding carboxylic acids is 2. The second-order valence-electron chi connectivity index (χ2n) is 7.26. The third kappa shape index (κ3) is 4.46. The first-order valence-electron chi connectivity index (χ1n) is 10.2. The Bertz CT molecular complexity index is 821. The molecule has 9 heteroatoms. The summed E-state index contributed by atoms with van der Waals surface area (Å²) < 4.78 is 5.98. The number of nitrogens with zero attached hydrogens (tertiary/aromatic N) is 3. The number of hydrogen-bond acceptors (Lipinski definition) is 6. The topological polar surface area (TPSA) is 110 Å². The lowest BCUT2D eigenvalue weighted by atomic mass is 10.0. The van der Waals surface area contributed by atoms with Crippen LogP contribution in [0.2, 0.25) is 0 Å². The number of quaternary nitrogens is 1. The molecule has 30 heavy (non-hydrogen) atoms. The van der Waals surface area contributed by atoms with E-state index in [-0.39, 0.29) is 42.2 Å². The van der Waals surface area contributed by atoms with Gasteiger partial charge < -0.3 is 14.3 Å². The van der Waals surface area contributed by atoms with Crippen molar-refractivity contribution in [2.45, 2.75) is 53.3 Å². The van der Waals surface area contributed by atoms with Crippen LogP contribution in [0.15, 0.2) is 35.7 Å². The number of ether oxygens (including phenoxy) is 1. The summed E-state index contributed by atoms with van der Waals surface area (Å²) in [6, 6.07) is 5.65. The summed E-state index contributed by atoms with van der Waals surface area (Å²) in [5.41, 5.74) is 0.395. The van der Waals surface area contributed by atoms with Gasteiger partial charge in [0.2, 0.25) is 5.91 Å². The van der Waals surface area contributed by atoms with E-state index in [1.54, 1.807) is 6.92 Å². The van der Waals surface area contributed by atoms with Crippen molar-refractivity contribution in [3.8, 4) is 0 Å². The Balaban J connectivity index is 2.24. The number of benzene rings is 1. The zero-order valence-corrected chi connectivity index (χ0v) is 18.0. The van der Waals surface area contributed by atoms with Crippen LogP contribution in [0.5, 0.6) is 0 Å². The number of aliphatic hydroxyl groups is 1. The van der Waals surface area contributed by atoms with Crippen molar-refractivity contribution in [1.29, 1.82) is 0 Å². The molecule has 0 bridgehead atoms. The molecule has 1 aromatic rings. The number of β-lactam (4-membered cyclic amide) rings is 1. The van der Waals surface area contributed by atoms with Crippen molar-refractivity contribution < 1.29 is 28.8 Å². The van der Waals surface area contributed by atoms with Gasteiger partial charge in [0.15, 0.2) is 11.9 Å². The molecule has 9 nitrogen and oxygen atoms in total. The van der Waals surface area contributed by atoms with E-state index < -0.39 is 10.9 Å². The Kier molecular flexibility index (Phi) is 7.55. The van der Waals surface area contributed by atoms with Gasteiger partial charge in [-0.1, -0.05) is 6.92 Å². The first kappa shape index (κ1) is 23.3. The smallest absolute Gasteiger partial charge is 0.359 e. The monoisotopic (exact) mass is 420 g/mol. The minimum atomic E-state index is -0.785. The zero-order valence-electron chi connectivity index (χ0n) is 18.0. The Morgan fingerprint density at radius 2 is 1.77 bits per heavy atom. The largest absolute Gasteiger partial charge is 0.510 e. The van der Waals surface area contributed by atoms with Crippen LogP contribution in [0.4, 0.5) is 5.69 Å². The molecule has 1 aliphatic rings. The lowest BCUT2D eigenvalue weighted by Gasteiger charge is -2.52. The summed E-state index contributed by atoms with van der Waals surface area (Å²) in [4.78, 5) is 37.0. The van der Waals surface area contributed by atoms with Crippen molar-refractivity contribution in [3.05, 3.63) is 51.4 Å². The fourth-order valence-electron chi connectivity index (χ4n) is 3.87. The number of carbonyl (C=O) groups is 2. The highest BCUT2D eigenvalue weighted by Gasteiger charge is 2.52. The third-order valence-corrected chi connectivity index (χ3v) is 6.01. The van der Waals surface area contributed by atoms with Crippen LogP contribution in [0.3, 0.4) is 0 Å². The Labute approximate surface area is 176 Å². The lowest BCUT2D eigenvalue weighted by molar-refractivity contribution is -0.958. The standard InChI is InChI=1S/C21H29N3O6/c1-5-17(25)20(22-18(13-19(22)26)24(6-2,7-3)8-4)21(27)30-14-15-9-11-16(12-10-15)23(28)29/h9-12,18H,5-8,13-14H2,1-4H3/p+1/t18-/m1/s1. The molecule has 1 N–H and O–H groups in total. The van der Waals surface area contributed by atoms with Gasteiger partial charge >= 0.3 is 5.97 Å². The van der Waals surface area contributed by atoms with Gasteiger partial charge in [-0.3, -0.25) is 19.8 Å². The van der Waals surface area contributed by atoms with Crippen molar-refractivity contribution in [2.75, 3.05) is 19.6 Å². The van der Waals surface area contributed by atoms with Crippen LogP contribution in [0.1, 0.15) is 46.1 Å². The molecule has 0 aliphatic carbocycles. The number of rotatable bonds is 10. The minimum Gasteiger partial charge on any atom is -0.510 e. The maximum absolute atomic E-state index is 12.9. The zero-order chi connectivity index (χ0) is 22.5. The second-order valence-corrected chi connectivity index (χ2v) is 7.26. The number of hydrogen-bond donors (Lipinski definition) is 1. The van der Waals surface area contributed by atoms with Crippen molar-refractivity contribution in [1.82, 2.24) is 4.90 Å². The molecule has 0 unspecified atom stereocenters. The van der Waals surface area contributed by atoms with Crippen LogP contribution in [0.25, 0.3) is 0 Å². The normalized spacial score (nSPS) is 17.3. The second kappa shape index (κ2) is 9.71. The van der Waals surface area contributed by atoms with Gasteiger partial charge in [-0.15, -0.1) is 0 Å². The van der Waals surface area contributed by atoms with Gasteiger partial charge in [-0.05, 0) is 38.5 Å². The van der Waals surface area contributed by atoms with E-state index in [2.05, 4.69) is 0 Å². The highest BCUT2D eigenvalue weighted by molar-refractivity contribution is 5.97. The average molecular weight is 420 g/mol. The molecular formula is C21H30N3O6+. The summed E-state index contributed by atoms with van der Waals surface area (Å²) >= 11 is 0. The van der Waals surface area contributed by atoms with Gasteiger partial charge in [-0.2, -0.15) is 0 Å². The van der Waals surface area contributed by atoms with E-state index in [0.717, 1.165) is 19.6 Å². The number of esters is 1. The van der Waals surface area contributed by atoms with E-state index in [0.29, 0.717) is 16.5 Å². The van der Waals surface area contributed by atoms with Crippen LogP contribution in [0, 0.1) is 10.1 Å². The van der Waals surface area contributed by atoms with Gasteiger partial charge in [0.25, 0.3) is 5.69 Å². The maximum atomic E-state index is 12.9. The molecule has 2 rings (SSSR count). The molecule has 0 spiro atoms. The van der Waals surface area contributed by atoms with E-state index in [1.165, 1.54) is 29.2 Å². The molecule has 0 radical (unpaired) electrons. The number of allylic oxidation sites excluding steroid dienone is 1. The summed E-state index contributed by atoms with van der Waals surface area (Å²) in [7, 11) is 0. The molecule has 0 saturated carbocycles. The first-order chi connectivity index (χ1) is 14.2. The predicted octanol–water partition coefficient (Wildman–Crippen LogP) is 3.25. The maximum Gasteiger partial charge on any atom is 0.359 e. The summed E-state index contributed by atoms with van der Waals surface area (Å²) in [6.07, 6.45) is 0.266. The Hall–Kier alpha value is -2.94. The number of likely N-dealkylation sites (tertiary alicyclic amines) is 1. The van der Waals surface area contributed by atoms with Gasteiger partial charge in [0.05, 0.1) is 24.6 Å². The average Bonchev–Trinajstić information content (AvgIpc) is 2.76. The van der Waals surface area contributed by atoms with Crippen molar-refractivity contribution in [3.63, 3.8) is 0 Å². The molecule has 0 aromatic heterocycles. The van der Waals surface area contributed by atoms with E-state index >= 15 is 0 Å². The SMILES string of the molecule is CC/C(O)=C(\C(=O)OCc1ccc([N+](=O)[O-])cc1)N1C(=O)C[C@H]1[N+](CC)(CC)CC. The molecule has 1 heterocycles. The minimum absolute atomic E-state index is 0.0592. The molecule has 1 amide bonds. The highest BCUT2D eigenvalue weighted by atomic mass is 16.6. The van der Waals surface area contributed by atoms with Crippen LogP contribution in [-0.4, -0.2) is 57.1 Å². The quantitative estimate of drug-likeness (QED) is 0.118. The third-order valence-electron chi connectivity index (χ3n) is 6.01. The van der Waals surface area contributed by atoms with Crippen molar-refractivity contribution >= 4 is 17.6 Å². The molecule has 1 atom stereocenters. The first-order valence-corrected chi connectivity index (χ1v) is 10.2. The van der Waals surface area contributed by atoms with Gasteiger partial charge in [0, 0.05) is 18.6 Å².